The molecule has 1 aromatic carbocycles. The van der Waals surface area contributed by atoms with Crippen LogP contribution >= 0.6 is 0 Å². The van der Waals surface area contributed by atoms with Crippen LogP contribution in [-0.4, -0.2) is 11.6 Å². The summed E-state index contributed by atoms with van der Waals surface area (Å²) in [6, 6.07) is 5.91. The minimum absolute atomic E-state index is 0.00724. The number of halogens is 1. The van der Waals surface area contributed by atoms with Crippen molar-refractivity contribution in [2.24, 2.45) is 11.0 Å². The summed E-state index contributed by atoms with van der Waals surface area (Å²) in [5.41, 5.74) is 1.66. The van der Waals surface area contributed by atoms with Gasteiger partial charge < -0.3 is 0 Å². The van der Waals surface area contributed by atoms with Crippen molar-refractivity contribution in [3.8, 4) is 0 Å². The van der Waals surface area contributed by atoms with Gasteiger partial charge in [0.15, 0.2) is 0 Å². The highest BCUT2D eigenvalue weighted by Crippen LogP contribution is 2.30. The van der Waals surface area contributed by atoms with E-state index < -0.39 is 0 Å². The number of hydrazone groups is 1. The molecule has 0 saturated heterocycles. The number of hydrogen-bond acceptors (Lipinski definition) is 2. The number of carbonyl (C=O) groups excluding carboxylic acids is 1. The molecule has 1 amide bonds. The van der Waals surface area contributed by atoms with E-state index in [0.717, 1.165) is 18.6 Å². The van der Waals surface area contributed by atoms with Crippen LogP contribution in [0.3, 0.4) is 0 Å². The van der Waals surface area contributed by atoms with Gasteiger partial charge in [0, 0.05) is 0 Å². The molecule has 1 aliphatic carbocycles. The number of amides is 1. The molecule has 1 saturated carbocycles. The summed E-state index contributed by atoms with van der Waals surface area (Å²) in [7, 11) is 0. The second-order valence-corrected chi connectivity index (χ2v) is 5.29. The minimum Gasteiger partial charge on any atom is -0.272 e. The normalized spacial score (nSPS) is 20.8. The fraction of sp³-hybridized carbons (Fsp3) is 0.467. The number of nitrogens with zero attached hydrogens (tertiary/aromatic N) is 2. The molecule has 0 radical (unpaired) electrons. The minimum atomic E-state index is -0.299. The van der Waals surface area contributed by atoms with Gasteiger partial charge in [-0.1, -0.05) is 19.3 Å². The summed E-state index contributed by atoms with van der Waals surface area (Å²) in [5, 5.41) is 5.89. The Morgan fingerprint density at radius 3 is 2.47 bits per heavy atom. The van der Waals surface area contributed by atoms with Gasteiger partial charge in [-0.15, -0.1) is 0 Å². The lowest BCUT2D eigenvalue weighted by Gasteiger charge is -2.20. The lowest BCUT2D eigenvalue weighted by molar-refractivity contribution is -0.116. The molecule has 4 heteroatoms. The molecule has 0 N–H and O–H groups in total. The van der Waals surface area contributed by atoms with Crippen LogP contribution in [0.25, 0.3) is 0 Å². The molecule has 1 aliphatic heterocycles. The highest BCUT2D eigenvalue weighted by atomic mass is 19.1. The third kappa shape index (κ3) is 2.53. The van der Waals surface area contributed by atoms with E-state index in [2.05, 4.69) is 5.10 Å². The smallest absolute Gasteiger partial charge is 0.253 e. The van der Waals surface area contributed by atoms with Gasteiger partial charge in [0.05, 0.1) is 17.8 Å². The van der Waals surface area contributed by atoms with Crippen LogP contribution < -0.4 is 5.01 Å². The zero-order valence-electron chi connectivity index (χ0n) is 10.8. The molecule has 100 valence electrons. The summed E-state index contributed by atoms with van der Waals surface area (Å²) in [6.07, 6.45) is 6.46. The molecule has 0 bridgehead atoms. The Hall–Kier alpha value is -1.71. The highest BCUT2D eigenvalue weighted by Gasteiger charge is 2.30. The van der Waals surface area contributed by atoms with Crippen LogP contribution in [0.2, 0.25) is 0 Å². The third-order valence-corrected chi connectivity index (χ3v) is 3.94. The van der Waals surface area contributed by atoms with Gasteiger partial charge in [-0.3, -0.25) is 4.79 Å². The van der Waals surface area contributed by atoms with E-state index >= 15 is 0 Å². The van der Waals surface area contributed by atoms with Crippen molar-refractivity contribution >= 4 is 17.3 Å². The molecule has 19 heavy (non-hydrogen) atoms. The summed E-state index contributed by atoms with van der Waals surface area (Å²) in [5.74, 6) is 0.155. The molecule has 1 heterocycles. The van der Waals surface area contributed by atoms with Crippen molar-refractivity contribution in [1.29, 1.82) is 0 Å². The van der Waals surface area contributed by atoms with Crippen LogP contribution in [0, 0.1) is 11.7 Å². The van der Waals surface area contributed by atoms with E-state index in [1.54, 1.807) is 12.1 Å². The fourth-order valence-electron chi connectivity index (χ4n) is 2.90. The lowest BCUT2D eigenvalue weighted by Crippen LogP contribution is -2.19. The van der Waals surface area contributed by atoms with Gasteiger partial charge in [-0.25, -0.2) is 9.40 Å². The van der Waals surface area contributed by atoms with E-state index in [4.69, 9.17) is 0 Å². The van der Waals surface area contributed by atoms with Crippen LogP contribution in [0.4, 0.5) is 10.1 Å². The molecule has 0 aromatic heterocycles. The topological polar surface area (TPSA) is 32.7 Å². The summed E-state index contributed by atoms with van der Waals surface area (Å²) in [6.45, 7) is 0. The molecule has 2 aliphatic rings. The molecule has 0 atom stereocenters. The number of hydrogen-bond donors (Lipinski definition) is 0. The SMILES string of the molecule is O=C1CC(C2CCCCC2)=NN1c1ccc(F)cc1. The maximum absolute atomic E-state index is 12.9. The molecule has 1 aromatic rings. The van der Waals surface area contributed by atoms with E-state index in [9.17, 15) is 9.18 Å². The van der Waals surface area contributed by atoms with Crippen LogP contribution in [0.1, 0.15) is 38.5 Å². The quantitative estimate of drug-likeness (QED) is 0.801. The monoisotopic (exact) mass is 260 g/mol. The van der Waals surface area contributed by atoms with E-state index in [1.807, 2.05) is 0 Å². The number of rotatable bonds is 2. The van der Waals surface area contributed by atoms with Gasteiger partial charge in [0.25, 0.3) is 5.91 Å². The Kier molecular flexibility index (Phi) is 3.32. The maximum Gasteiger partial charge on any atom is 0.253 e. The first-order chi connectivity index (χ1) is 9.24. The van der Waals surface area contributed by atoms with Crippen LogP contribution in [0.5, 0.6) is 0 Å². The summed E-state index contributed by atoms with van der Waals surface area (Å²) >= 11 is 0. The first-order valence-corrected chi connectivity index (χ1v) is 6.90. The van der Waals surface area contributed by atoms with Gasteiger partial charge in [-0.05, 0) is 43.0 Å². The zero-order chi connectivity index (χ0) is 13.2. The Morgan fingerprint density at radius 2 is 1.79 bits per heavy atom. The molecule has 1 fully saturated rings. The van der Waals surface area contributed by atoms with Crippen LogP contribution in [-0.2, 0) is 4.79 Å². The van der Waals surface area contributed by atoms with Crippen molar-refractivity contribution in [2.45, 2.75) is 38.5 Å². The zero-order valence-corrected chi connectivity index (χ0v) is 10.8. The molecular formula is C15H17FN2O. The maximum atomic E-state index is 12.9. The van der Waals surface area contributed by atoms with Crippen molar-refractivity contribution in [1.82, 2.24) is 0 Å². The Morgan fingerprint density at radius 1 is 1.11 bits per heavy atom. The molecular weight excluding hydrogens is 243 g/mol. The van der Waals surface area contributed by atoms with Gasteiger partial charge in [0.2, 0.25) is 0 Å². The lowest BCUT2D eigenvalue weighted by atomic mass is 9.85. The predicted molar refractivity (Wildman–Crippen MR) is 72.5 cm³/mol. The fourth-order valence-corrected chi connectivity index (χ4v) is 2.90. The number of anilines is 1. The largest absolute Gasteiger partial charge is 0.272 e. The molecule has 0 spiro atoms. The van der Waals surface area contributed by atoms with Crippen molar-refractivity contribution in [3.63, 3.8) is 0 Å². The highest BCUT2D eigenvalue weighted by molar-refractivity contribution is 6.13. The summed E-state index contributed by atoms with van der Waals surface area (Å²) in [4.78, 5) is 12.0. The standard InChI is InChI=1S/C15H17FN2O/c16-12-6-8-13(9-7-12)18-15(19)10-14(17-18)11-4-2-1-3-5-11/h6-9,11H,1-5,10H2. The van der Waals surface area contributed by atoms with Crippen molar-refractivity contribution in [3.05, 3.63) is 30.1 Å². The van der Waals surface area contributed by atoms with E-state index in [1.165, 1.54) is 36.4 Å². The third-order valence-electron chi connectivity index (χ3n) is 3.94. The first-order valence-electron chi connectivity index (χ1n) is 6.90. The second-order valence-electron chi connectivity index (χ2n) is 5.29. The Balaban J connectivity index is 1.80. The Bertz CT molecular complexity index is 503. The average Bonchev–Trinajstić information content (AvgIpc) is 2.83. The summed E-state index contributed by atoms with van der Waals surface area (Å²) < 4.78 is 12.9. The van der Waals surface area contributed by atoms with Gasteiger partial charge in [0.1, 0.15) is 5.82 Å². The van der Waals surface area contributed by atoms with Gasteiger partial charge in [-0.2, -0.15) is 5.10 Å². The van der Waals surface area contributed by atoms with E-state index in [0.29, 0.717) is 18.0 Å². The number of benzene rings is 1. The Labute approximate surface area is 112 Å². The predicted octanol–water partition coefficient (Wildman–Crippen LogP) is 3.50. The molecule has 0 unspecified atom stereocenters. The van der Waals surface area contributed by atoms with Crippen LogP contribution in [0.15, 0.2) is 29.4 Å². The molecule has 3 rings (SSSR count). The first kappa shape index (κ1) is 12.3. The van der Waals surface area contributed by atoms with Crippen molar-refractivity contribution in [2.75, 3.05) is 5.01 Å². The second kappa shape index (κ2) is 5.11. The van der Waals surface area contributed by atoms with Gasteiger partial charge >= 0.3 is 0 Å². The molecule has 3 nitrogen and oxygen atoms in total. The average molecular weight is 260 g/mol. The van der Waals surface area contributed by atoms with Crippen molar-refractivity contribution < 1.29 is 9.18 Å². The number of carbonyl (C=O) groups is 1. The van der Waals surface area contributed by atoms with E-state index in [-0.39, 0.29) is 11.7 Å².